The molecule has 0 saturated carbocycles. The molecule has 0 radical (unpaired) electrons. The Morgan fingerprint density at radius 1 is 1.30 bits per heavy atom. The lowest BCUT2D eigenvalue weighted by Gasteiger charge is -2.14. The second-order valence-corrected chi connectivity index (χ2v) is 10.9. The second kappa shape index (κ2) is 9.57. The number of aromatic nitrogens is 1. The molecule has 10 heteroatoms. The largest absolute Gasteiger partial charge is 0.483 e. The van der Waals surface area contributed by atoms with Gasteiger partial charge in [-0.25, -0.2) is 13.8 Å². The van der Waals surface area contributed by atoms with E-state index >= 15 is 0 Å². The van der Waals surface area contributed by atoms with Crippen molar-refractivity contribution in [3.05, 3.63) is 52.1 Å². The third-order valence-electron chi connectivity index (χ3n) is 3.31. The van der Waals surface area contributed by atoms with E-state index in [0.29, 0.717) is 5.82 Å². The maximum absolute atomic E-state index is 14.5. The number of hydrogen-bond acceptors (Lipinski definition) is 4. The zero-order chi connectivity index (χ0) is 20.0. The number of nitrogens with one attached hydrogen (secondary N) is 2. The van der Waals surface area contributed by atoms with E-state index in [4.69, 9.17) is 17.0 Å². The molecule has 0 spiro atoms. The van der Waals surface area contributed by atoms with Crippen molar-refractivity contribution in [1.29, 1.82) is 0 Å². The molecular weight excluding hydrogens is 459 g/mol. The first-order valence-electron chi connectivity index (χ1n) is 7.96. The van der Waals surface area contributed by atoms with Crippen molar-refractivity contribution in [2.75, 3.05) is 31.5 Å². The molecule has 0 atom stereocenters. The second-order valence-electron chi connectivity index (χ2n) is 6.18. The SMILES string of the molecule is CP(C)(=O)COc1ccc(F)c(CCNC(=S)Nc2ccc(Br)cn2)c1F. The molecule has 0 fully saturated rings. The van der Waals surface area contributed by atoms with E-state index in [1.54, 1.807) is 18.3 Å². The van der Waals surface area contributed by atoms with Gasteiger partial charge in [-0.1, -0.05) is 0 Å². The van der Waals surface area contributed by atoms with Gasteiger partial charge < -0.3 is 19.9 Å². The number of benzene rings is 1. The Labute approximate surface area is 170 Å². The lowest BCUT2D eigenvalue weighted by atomic mass is 10.1. The first kappa shape index (κ1) is 21.7. The molecule has 0 aliphatic carbocycles. The van der Waals surface area contributed by atoms with Crippen molar-refractivity contribution in [1.82, 2.24) is 10.3 Å². The molecule has 0 bridgehead atoms. The fraction of sp³-hybridized carbons (Fsp3) is 0.294. The number of ether oxygens (including phenoxy) is 1. The minimum absolute atomic E-state index is 0.0559. The van der Waals surface area contributed by atoms with Gasteiger partial charge in [0.1, 0.15) is 25.1 Å². The highest BCUT2D eigenvalue weighted by Crippen LogP contribution is 2.36. The smallest absolute Gasteiger partial charge is 0.171 e. The number of anilines is 1. The zero-order valence-corrected chi connectivity index (χ0v) is 18.1. The maximum Gasteiger partial charge on any atom is 0.171 e. The molecule has 2 N–H and O–H groups in total. The van der Waals surface area contributed by atoms with Crippen LogP contribution in [0.4, 0.5) is 14.6 Å². The van der Waals surface area contributed by atoms with Gasteiger partial charge >= 0.3 is 0 Å². The summed E-state index contributed by atoms with van der Waals surface area (Å²) in [6.07, 6.45) is 1.56. The van der Waals surface area contributed by atoms with Crippen molar-refractivity contribution in [2.24, 2.45) is 0 Å². The van der Waals surface area contributed by atoms with E-state index < -0.39 is 18.8 Å². The quantitative estimate of drug-likeness (QED) is 0.448. The lowest BCUT2D eigenvalue weighted by Crippen LogP contribution is -2.30. The fourth-order valence-corrected chi connectivity index (χ4v) is 2.94. The van der Waals surface area contributed by atoms with Gasteiger partial charge in [0.05, 0.1) is 0 Å². The van der Waals surface area contributed by atoms with Gasteiger partial charge in [-0.15, -0.1) is 0 Å². The van der Waals surface area contributed by atoms with Crippen LogP contribution in [0.3, 0.4) is 0 Å². The molecule has 1 aromatic carbocycles. The summed E-state index contributed by atoms with van der Waals surface area (Å²) in [4.78, 5) is 4.12. The van der Waals surface area contributed by atoms with Crippen molar-refractivity contribution >= 4 is 46.2 Å². The normalized spacial score (nSPS) is 11.1. The third kappa shape index (κ3) is 7.16. The van der Waals surface area contributed by atoms with Gasteiger partial charge in [0.25, 0.3) is 0 Å². The van der Waals surface area contributed by atoms with Gasteiger partial charge in [0.15, 0.2) is 16.7 Å². The van der Waals surface area contributed by atoms with Gasteiger partial charge in [0.2, 0.25) is 0 Å². The molecule has 2 aromatic rings. The molecule has 146 valence electrons. The molecule has 1 heterocycles. The van der Waals surface area contributed by atoms with Gasteiger partial charge in [-0.3, -0.25) is 0 Å². The van der Waals surface area contributed by atoms with Crippen molar-refractivity contribution in [2.45, 2.75) is 6.42 Å². The molecule has 0 aliphatic rings. The Kier molecular flexibility index (Phi) is 7.70. The molecule has 27 heavy (non-hydrogen) atoms. The van der Waals surface area contributed by atoms with Crippen LogP contribution in [0, 0.1) is 11.6 Å². The van der Waals surface area contributed by atoms with Crippen LogP contribution >= 0.6 is 35.3 Å². The van der Waals surface area contributed by atoms with Crippen LogP contribution in [0.1, 0.15) is 5.56 Å². The monoisotopic (exact) mass is 477 g/mol. The van der Waals surface area contributed by atoms with E-state index in [9.17, 15) is 13.3 Å². The summed E-state index contributed by atoms with van der Waals surface area (Å²) in [5, 5.41) is 6.04. The van der Waals surface area contributed by atoms with Crippen LogP contribution in [-0.2, 0) is 11.0 Å². The Morgan fingerprint density at radius 2 is 2.04 bits per heavy atom. The predicted octanol–water partition coefficient (Wildman–Crippen LogP) is 4.61. The average Bonchev–Trinajstić information content (AvgIpc) is 2.58. The predicted molar refractivity (Wildman–Crippen MR) is 111 cm³/mol. The topological polar surface area (TPSA) is 63.2 Å². The highest BCUT2D eigenvalue weighted by Gasteiger charge is 2.17. The van der Waals surface area contributed by atoms with Crippen molar-refractivity contribution < 1.29 is 18.1 Å². The molecular formula is C17H19BrF2N3O2PS. The number of halogens is 3. The van der Waals surface area contributed by atoms with Crippen LogP contribution in [0.25, 0.3) is 0 Å². The maximum atomic E-state index is 14.5. The number of pyridine rings is 1. The van der Waals surface area contributed by atoms with Crippen molar-refractivity contribution in [3.8, 4) is 5.75 Å². The van der Waals surface area contributed by atoms with E-state index in [2.05, 4.69) is 31.5 Å². The average molecular weight is 478 g/mol. The summed E-state index contributed by atoms with van der Waals surface area (Å²) in [5.41, 5.74) is -0.119. The summed E-state index contributed by atoms with van der Waals surface area (Å²) >= 11 is 8.43. The molecule has 2 rings (SSSR count). The standard InChI is InChI=1S/C17H19BrF2N3O2PS/c1-26(2,24)10-25-14-5-4-13(19)12(16(14)20)7-8-21-17(27)23-15-6-3-11(18)9-22-15/h3-6,9H,7-8,10H2,1-2H3,(H2,21,22,23,27). The lowest BCUT2D eigenvalue weighted by molar-refractivity contribution is 0.351. The molecule has 0 saturated heterocycles. The summed E-state index contributed by atoms with van der Waals surface area (Å²) in [5.74, 6) is -1.04. The Hall–Kier alpha value is -1.57. The van der Waals surface area contributed by atoms with Crippen molar-refractivity contribution in [3.63, 3.8) is 0 Å². The first-order valence-corrected chi connectivity index (χ1v) is 11.9. The Bertz CT molecular complexity index is 862. The first-order chi connectivity index (χ1) is 12.7. The number of hydrogen-bond donors (Lipinski definition) is 2. The molecule has 0 aliphatic heterocycles. The molecule has 1 aromatic heterocycles. The van der Waals surface area contributed by atoms with E-state index in [0.717, 1.165) is 10.5 Å². The fourth-order valence-electron chi connectivity index (χ4n) is 2.05. The van der Waals surface area contributed by atoms with Gasteiger partial charge in [-0.05, 0) is 72.2 Å². The molecule has 5 nitrogen and oxygen atoms in total. The molecule has 0 amide bonds. The minimum Gasteiger partial charge on any atom is -0.483 e. The minimum atomic E-state index is -2.48. The summed E-state index contributed by atoms with van der Waals surface area (Å²) in [6, 6.07) is 5.87. The van der Waals surface area contributed by atoms with Crippen LogP contribution < -0.4 is 15.4 Å². The Balaban J connectivity index is 1.93. The molecule has 0 unspecified atom stereocenters. The van der Waals surface area contributed by atoms with E-state index in [1.807, 2.05) is 0 Å². The number of nitrogens with zero attached hydrogens (tertiary/aromatic N) is 1. The summed E-state index contributed by atoms with van der Waals surface area (Å²) in [7, 11) is -2.48. The summed E-state index contributed by atoms with van der Waals surface area (Å²) in [6.45, 7) is 3.28. The van der Waals surface area contributed by atoms with Gasteiger partial charge in [-0.2, -0.15) is 0 Å². The van der Waals surface area contributed by atoms with Crippen LogP contribution in [0.5, 0.6) is 5.75 Å². The van der Waals surface area contributed by atoms with Crippen LogP contribution in [0.2, 0.25) is 0 Å². The number of thiocarbonyl (C=S) groups is 1. The highest BCUT2D eigenvalue weighted by atomic mass is 79.9. The Morgan fingerprint density at radius 3 is 2.67 bits per heavy atom. The van der Waals surface area contributed by atoms with Gasteiger partial charge in [0, 0.05) is 22.8 Å². The highest BCUT2D eigenvalue weighted by molar-refractivity contribution is 9.10. The van der Waals surface area contributed by atoms with E-state index in [-0.39, 0.29) is 35.7 Å². The zero-order valence-electron chi connectivity index (χ0n) is 14.8. The number of rotatable bonds is 7. The van der Waals surface area contributed by atoms with E-state index in [1.165, 1.54) is 19.4 Å². The third-order valence-corrected chi connectivity index (χ3v) is 4.78. The summed E-state index contributed by atoms with van der Waals surface area (Å²) < 4.78 is 46.2. The van der Waals surface area contributed by atoms with Crippen LogP contribution in [0.15, 0.2) is 34.9 Å². The van der Waals surface area contributed by atoms with Crippen LogP contribution in [-0.4, -0.2) is 36.3 Å².